The van der Waals surface area contributed by atoms with Crippen LogP contribution < -0.4 is 4.90 Å². The van der Waals surface area contributed by atoms with Gasteiger partial charge in [0.1, 0.15) is 23.3 Å². The Labute approximate surface area is 166 Å². The van der Waals surface area contributed by atoms with Gasteiger partial charge < -0.3 is 9.42 Å². The van der Waals surface area contributed by atoms with E-state index in [-0.39, 0.29) is 11.9 Å². The van der Waals surface area contributed by atoms with Gasteiger partial charge in [-0.2, -0.15) is 5.26 Å². The molecule has 9 heteroatoms. The zero-order valence-electron chi connectivity index (χ0n) is 15.6. The van der Waals surface area contributed by atoms with Crippen LogP contribution in [0, 0.1) is 17.1 Å². The van der Waals surface area contributed by atoms with Gasteiger partial charge in [0.05, 0.1) is 12.2 Å². The predicted octanol–water partition coefficient (Wildman–Crippen LogP) is 2.56. The number of halogens is 1. The first-order valence-electron chi connectivity index (χ1n) is 9.53. The molecule has 0 unspecified atom stereocenters. The number of nitriles is 1. The van der Waals surface area contributed by atoms with Gasteiger partial charge in [-0.15, -0.1) is 0 Å². The molecule has 2 saturated heterocycles. The highest BCUT2D eigenvalue weighted by Crippen LogP contribution is 2.39. The van der Waals surface area contributed by atoms with Crippen LogP contribution in [0.15, 0.2) is 41.3 Å². The molecular weight excluding hydrogens is 373 g/mol. The van der Waals surface area contributed by atoms with Crippen molar-refractivity contribution in [2.45, 2.75) is 24.9 Å². The summed E-state index contributed by atoms with van der Waals surface area (Å²) in [4.78, 5) is 17.1. The molecule has 5 heterocycles. The van der Waals surface area contributed by atoms with Crippen molar-refractivity contribution < 1.29 is 8.91 Å². The van der Waals surface area contributed by atoms with Crippen LogP contribution in [0.5, 0.6) is 0 Å². The van der Waals surface area contributed by atoms with E-state index in [9.17, 15) is 9.65 Å². The molecular formula is C20H18FN7O. The van der Waals surface area contributed by atoms with E-state index in [1.165, 1.54) is 12.3 Å². The van der Waals surface area contributed by atoms with Crippen LogP contribution >= 0.6 is 0 Å². The Bertz CT molecular complexity index is 1060. The zero-order valence-corrected chi connectivity index (χ0v) is 15.6. The minimum Gasteiger partial charge on any atom is -0.354 e. The molecule has 0 aliphatic carbocycles. The summed E-state index contributed by atoms with van der Waals surface area (Å²) in [5, 5.41) is 13.6. The highest BCUT2D eigenvalue weighted by molar-refractivity contribution is 5.52. The third-order valence-electron chi connectivity index (χ3n) is 5.64. The van der Waals surface area contributed by atoms with Crippen LogP contribution in [0.3, 0.4) is 0 Å². The molecule has 2 fully saturated rings. The summed E-state index contributed by atoms with van der Waals surface area (Å²) in [5.74, 6) is 0.817. The molecule has 0 spiro atoms. The van der Waals surface area contributed by atoms with Crippen molar-refractivity contribution in [3.8, 4) is 17.5 Å². The maximum absolute atomic E-state index is 13.1. The summed E-state index contributed by atoms with van der Waals surface area (Å²) >= 11 is 0. The molecule has 0 bridgehead atoms. The Morgan fingerprint density at radius 1 is 1.14 bits per heavy atom. The summed E-state index contributed by atoms with van der Waals surface area (Å²) in [5.41, 5.74) is 1.80. The van der Waals surface area contributed by atoms with E-state index >= 15 is 0 Å². The fraction of sp³-hybridized carbons (Fsp3) is 0.350. The van der Waals surface area contributed by atoms with E-state index in [0.29, 0.717) is 29.0 Å². The summed E-state index contributed by atoms with van der Waals surface area (Å²) in [7, 11) is 0. The molecule has 2 aliphatic heterocycles. The Morgan fingerprint density at radius 3 is 2.86 bits per heavy atom. The monoisotopic (exact) mass is 391 g/mol. The lowest BCUT2D eigenvalue weighted by Gasteiger charge is -2.40. The fourth-order valence-electron chi connectivity index (χ4n) is 4.29. The van der Waals surface area contributed by atoms with Crippen molar-refractivity contribution in [1.82, 2.24) is 25.0 Å². The number of aromatic nitrogens is 4. The lowest BCUT2D eigenvalue weighted by Crippen LogP contribution is -2.51. The molecule has 0 amide bonds. The molecule has 0 aromatic carbocycles. The van der Waals surface area contributed by atoms with Crippen LogP contribution in [0.1, 0.15) is 30.3 Å². The van der Waals surface area contributed by atoms with Gasteiger partial charge in [-0.1, -0.05) is 5.16 Å². The van der Waals surface area contributed by atoms with Crippen molar-refractivity contribution in [2.75, 3.05) is 24.5 Å². The normalized spacial score (nSPS) is 21.7. The molecule has 5 rings (SSSR count). The molecule has 2 aliphatic rings. The van der Waals surface area contributed by atoms with Gasteiger partial charge in [0.25, 0.3) is 0 Å². The topological polar surface area (TPSA) is 95.0 Å². The molecule has 3 aromatic rings. The average Bonchev–Trinajstić information content (AvgIpc) is 3.41. The van der Waals surface area contributed by atoms with Gasteiger partial charge in [-0.25, -0.2) is 19.3 Å². The van der Waals surface area contributed by atoms with E-state index < -0.39 is 0 Å². The molecule has 146 valence electrons. The number of piperazine rings is 1. The SMILES string of the molecule is N#Cc1nccnc1N1CCN2[C@H](CC[C@H]2c2cc(-c3ccc(F)cn3)on2)C1. The third-order valence-corrected chi connectivity index (χ3v) is 5.64. The molecule has 0 radical (unpaired) electrons. The number of pyridine rings is 1. The van der Waals surface area contributed by atoms with Gasteiger partial charge in [0, 0.05) is 44.1 Å². The summed E-state index contributed by atoms with van der Waals surface area (Å²) in [6, 6.07) is 7.50. The van der Waals surface area contributed by atoms with Crippen molar-refractivity contribution in [2.24, 2.45) is 0 Å². The highest BCUT2D eigenvalue weighted by Gasteiger charge is 2.40. The Hall–Kier alpha value is -3.38. The highest BCUT2D eigenvalue weighted by atomic mass is 19.1. The van der Waals surface area contributed by atoms with E-state index in [2.05, 4.69) is 36.0 Å². The second kappa shape index (κ2) is 7.22. The zero-order chi connectivity index (χ0) is 19.8. The number of hydrogen-bond donors (Lipinski definition) is 0. The minimum atomic E-state index is -0.382. The number of anilines is 1. The van der Waals surface area contributed by atoms with Gasteiger partial charge >= 0.3 is 0 Å². The maximum Gasteiger partial charge on any atom is 0.185 e. The molecule has 8 nitrogen and oxygen atoms in total. The second-order valence-corrected chi connectivity index (χ2v) is 7.25. The minimum absolute atomic E-state index is 0.178. The van der Waals surface area contributed by atoms with Crippen molar-refractivity contribution in [1.29, 1.82) is 5.26 Å². The maximum atomic E-state index is 13.1. The lowest BCUT2D eigenvalue weighted by molar-refractivity contribution is 0.170. The van der Waals surface area contributed by atoms with Crippen LogP contribution in [0.4, 0.5) is 10.2 Å². The first-order valence-corrected chi connectivity index (χ1v) is 9.53. The second-order valence-electron chi connectivity index (χ2n) is 7.25. The number of nitrogens with zero attached hydrogens (tertiary/aromatic N) is 7. The molecule has 0 N–H and O–H groups in total. The van der Waals surface area contributed by atoms with Gasteiger partial charge in [-0.3, -0.25) is 4.90 Å². The summed E-state index contributed by atoms with van der Waals surface area (Å²) in [6.07, 6.45) is 6.35. The smallest absolute Gasteiger partial charge is 0.185 e. The molecule has 3 aromatic heterocycles. The van der Waals surface area contributed by atoms with Crippen molar-refractivity contribution >= 4 is 5.82 Å². The van der Waals surface area contributed by atoms with E-state index in [1.54, 1.807) is 18.5 Å². The van der Waals surface area contributed by atoms with Crippen molar-refractivity contribution in [3.05, 3.63) is 54.0 Å². The number of hydrogen-bond acceptors (Lipinski definition) is 8. The number of rotatable bonds is 3. The average molecular weight is 391 g/mol. The molecule has 2 atom stereocenters. The van der Waals surface area contributed by atoms with Crippen LogP contribution in [-0.4, -0.2) is 50.7 Å². The fourth-order valence-corrected chi connectivity index (χ4v) is 4.29. The lowest BCUT2D eigenvalue weighted by atomic mass is 10.1. The Balaban J connectivity index is 1.32. The summed E-state index contributed by atoms with van der Waals surface area (Å²) < 4.78 is 18.6. The van der Waals surface area contributed by atoms with E-state index in [1.807, 2.05) is 6.07 Å². The Morgan fingerprint density at radius 2 is 2.03 bits per heavy atom. The first-order chi connectivity index (χ1) is 14.2. The van der Waals surface area contributed by atoms with Crippen LogP contribution in [0.25, 0.3) is 11.5 Å². The van der Waals surface area contributed by atoms with Crippen LogP contribution in [0.2, 0.25) is 0 Å². The van der Waals surface area contributed by atoms with Crippen molar-refractivity contribution in [3.63, 3.8) is 0 Å². The van der Waals surface area contributed by atoms with E-state index in [4.69, 9.17) is 4.52 Å². The predicted molar refractivity (Wildman–Crippen MR) is 101 cm³/mol. The van der Waals surface area contributed by atoms with Gasteiger partial charge in [0.15, 0.2) is 17.3 Å². The molecule has 0 saturated carbocycles. The summed E-state index contributed by atoms with van der Waals surface area (Å²) in [6.45, 7) is 2.41. The van der Waals surface area contributed by atoms with Gasteiger partial charge in [-0.05, 0) is 25.0 Å². The number of fused-ring (bicyclic) bond motifs is 1. The van der Waals surface area contributed by atoms with Gasteiger partial charge in [0.2, 0.25) is 0 Å². The van der Waals surface area contributed by atoms with Crippen LogP contribution in [-0.2, 0) is 0 Å². The standard InChI is InChI=1S/C20H18FN7O/c21-13-1-3-15(25-11-13)19-9-16(26-29-19)18-4-2-14-12-27(7-8-28(14)18)20-17(10-22)23-5-6-24-20/h1,3,5-6,9,11,14,18H,2,4,7-8,12H2/t14-,18+/m1/s1. The first kappa shape index (κ1) is 17.7. The quantitative estimate of drug-likeness (QED) is 0.672. The largest absolute Gasteiger partial charge is 0.354 e. The Kier molecular flexibility index (Phi) is 4.41. The molecule has 29 heavy (non-hydrogen) atoms. The van der Waals surface area contributed by atoms with E-state index in [0.717, 1.165) is 38.2 Å². The third kappa shape index (κ3) is 3.21.